The Morgan fingerprint density at radius 1 is 1.32 bits per heavy atom. The van der Waals surface area contributed by atoms with Crippen LogP contribution in [0.5, 0.6) is 5.75 Å². The third-order valence-corrected chi connectivity index (χ3v) is 3.82. The van der Waals surface area contributed by atoms with Gasteiger partial charge in [0.25, 0.3) is 0 Å². The molecule has 0 fully saturated rings. The molecule has 0 radical (unpaired) electrons. The van der Waals surface area contributed by atoms with Gasteiger partial charge in [-0.1, -0.05) is 0 Å². The average Bonchev–Trinajstić information content (AvgIpc) is 2.89. The summed E-state index contributed by atoms with van der Waals surface area (Å²) in [7, 11) is 1.64. The van der Waals surface area contributed by atoms with Gasteiger partial charge >= 0.3 is 0 Å². The molecular formula is C14H9N3OS. The molecule has 19 heavy (non-hydrogen) atoms. The van der Waals surface area contributed by atoms with E-state index in [0.29, 0.717) is 5.56 Å². The second kappa shape index (κ2) is 4.67. The first-order valence-electron chi connectivity index (χ1n) is 5.61. The van der Waals surface area contributed by atoms with Crippen LogP contribution >= 0.6 is 11.3 Å². The maximum atomic E-state index is 9.12. The van der Waals surface area contributed by atoms with Gasteiger partial charge in [0.1, 0.15) is 10.8 Å². The predicted octanol–water partition coefficient (Wildman–Crippen LogP) is 3.24. The number of aromatic nitrogens is 2. The zero-order valence-electron chi connectivity index (χ0n) is 10.1. The zero-order chi connectivity index (χ0) is 13.2. The first kappa shape index (κ1) is 11.6. The van der Waals surface area contributed by atoms with Crippen molar-refractivity contribution < 1.29 is 4.74 Å². The van der Waals surface area contributed by atoms with Gasteiger partial charge in [0.15, 0.2) is 0 Å². The number of methoxy groups -OCH3 is 1. The van der Waals surface area contributed by atoms with Gasteiger partial charge in [-0.25, -0.2) is 4.98 Å². The molecule has 0 bridgehead atoms. The molecule has 0 aliphatic carbocycles. The number of hydrogen-bond donors (Lipinski definition) is 0. The minimum atomic E-state index is 0.584. The Balaban J connectivity index is 2.18. The van der Waals surface area contributed by atoms with Crippen LogP contribution in [-0.4, -0.2) is 17.1 Å². The summed E-state index contributed by atoms with van der Waals surface area (Å²) in [6.07, 6.45) is 3.28. The van der Waals surface area contributed by atoms with E-state index in [2.05, 4.69) is 16.0 Å². The van der Waals surface area contributed by atoms with Gasteiger partial charge < -0.3 is 4.74 Å². The Morgan fingerprint density at radius 2 is 2.21 bits per heavy atom. The standard InChI is InChI=1S/C14H9N3OS/c1-18-10-2-3-12-13(6-10)19-14(17-12)11-8-16-5-4-9(11)7-15/h2-6,8H,1H3. The van der Waals surface area contributed by atoms with Gasteiger partial charge in [-0.2, -0.15) is 5.26 Å². The number of benzene rings is 1. The first-order chi connectivity index (χ1) is 9.31. The van der Waals surface area contributed by atoms with Crippen LogP contribution in [0, 0.1) is 11.3 Å². The smallest absolute Gasteiger partial charge is 0.127 e. The molecule has 92 valence electrons. The van der Waals surface area contributed by atoms with Crippen LogP contribution in [0.15, 0.2) is 36.7 Å². The van der Waals surface area contributed by atoms with Crippen LogP contribution in [-0.2, 0) is 0 Å². The fraction of sp³-hybridized carbons (Fsp3) is 0.0714. The lowest BCUT2D eigenvalue weighted by Crippen LogP contribution is -1.84. The van der Waals surface area contributed by atoms with Crippen molar-refractivity contribution in [3.8, 4) is 22.4 Å². The number of pyridine rings is 1. The van der Waals surface area contributed by atoms with Crippen LogP contribution in [0.4, 0.5) is 0 Å². The SMILES string of the molecule is COc1ccc2nc(-c3cnccc3C#N)sc2c1. The summed E-state index contributed by atoms with van der Waals surface area (Å²) < 4.78 is 6.23. The lowest BCUT2D eigenvalue weighted by molar-refractivity contribution is 0.415. The summed E-state index contributed by atoms with van der Waals surface area (Å²) in [6, 6.07) is 9.59. The van der Waals surface area contributed by atoms with Crippen molar-refractivity contribution in [3.05, 3.63) is 42.2 Å². The van der Waals surface area contributed by atoms with E-state index in [4.69, 9.17) is 10.00 Å². The van der Waals surface area contributed by atoms with Gasteiger partial charge in [0, 0.05) is 18.0 Å². The van der Waals surface area contributed by atoms with Gasteiger partial charge in [-0.05, 0) is 24.3 Å². The van der Waals surface area contributed by atoms with E-state index < -0.39 is 0 Å². The van der Waals surface area contributed by atoms with Crippen LogP contribution in [0.3, 0.4) is 0 Å². The van der Waals surface area contributed by atoms with Crippen molar-refractivity contribution in [1.29, 1.82) is 5.26 Å². The molecular weight excluding hydrogens is 258 g/mol. The van der Waals surface area contributed by atoms with E-state index >= 15 is 0 Å². The molecule has 0 unspecified atom stereocenters. The highest BCUT2D eigenvalue weighted by Crippen LogP contribution is 2.33. The zero-order valence-corrected chi connectivity index (χ0v) is 10.9. The lowest BCUT2D eigenvalue weighted by atomic mass is 10.2. The molecule has 0 saturated carbocycles. The fourth-order valence-electron chi connectivity index (χ4n) is 1.81. The fourth-order valence-corrected chi connectivity index (χ4v) is 2.83. The molecule has 3 rings (SSSR count). The Bertz CT molecular complexity index is 789. The van der Waals surface area contributed by atoms with E-state index in [0.717, 1.165) is 26.5 Å². The maximum Gasteiger partial charge on any atom is 0.127 e. The summed E-state index contributed by atoms with van der Waals surface area (Å²) >= 11 is 1.53. The molecule has 3 aromatic rings. The number of hydrogen-bond acceptors (Lipinski definition) is 5. The molecule has 0 spiro atoms. The van der Waals surface area contributed by atoms with Crippen LogP contribution in [0.2, 0.25) is 0 Å². The van der Waals surface area contributed by atoms with E-state index in [9.17, 15) is 0 Å². The van der Waals surface area contributed by atoms with E-state index in [1.165, 1.54) is 11.3 Å². The Kier molecular flexibility index (Phi) is 2.86. The van der Waals surface area contributed by atoms with Crippen molar-refractivity contribution in [2.24, 2.45) is 0 Å². The summed E-state index contributed by atoms with van der Waals surface area (Å²) in [5.74, 6) is 0.800. The summed E-state index contributed by atoms with van der Waals surface area (Å²) in [5, 5.41) is 9.91. The van der Waals surface area contributed by atoms with Crippen molar-refractivity contribution >= 4 is 21.6 Å². The third-order valence-electron chi connectivity index (χ3n) is 2.77. The summed E-state index contributed by atoms with van der Waals surface area (Å²) in [4.78, 5) is 8.60. The minimum absolute atomic E-state index is 0.584. The van der Waals surface area contributed by atoms with Crippen molar-refractivity contribution in [3.63, 3.8) is 0 Å². The van der Waals surface area contributed by atoms with Crippen molar-refractivity contribution in [2.45, 2.75) is 0 Å². The summed E-state index contributed by atoms with van der Waals surface area (Å²) in [5.41, 5.74) is 2.25. The van der Waals surface area contributed by atoms with Crippen LogP contribution < -0.4 is 4.74 Å². The highest BCUT2D eigenvalue weighted by Gasteiger charge is 2.11. The highest BCUT2D eigenvalue weighted by atomic mass is 32.1. The molecule has 0 amide bonds. The normalized spacial score (nSPS) is 10.3. The van der Waals surface area contributed by atoms with E-state index in [-0.39, 0.29) is 0 Å². The molecule has 1 aromatic carbocycles. The third kappa shape index (κ3) is 2.02. The molecule has 5 heteroatoms. The van der Waals surface area contributed by atoms with Crippen molar-refractivity contribution in [1.82, 2.24) is 9.97 Å². The molecule has 2 aromatic heterocycles. The Labute approximate surface area is 113 Å². The second-order valence-corrected chi connectivity index (χ2v) is 4.92. The largest absolute Gasteiger partial charge is 0.497 e. The number of thiazole rings is 1. The molecule has 2 heterocycles. The number of ether oxygens (including phenoxy) is 1. The number of fused-ring (bicyclic) bond motifs is 1. The predicted molar refractivity (Wildman–Crippen MR) is 74.1 cm³/mol. The number of nitriles is 1. The van der Waals surface area contributed by atoms with Crippen LogP contribution in [0.1, 0.15) is 5.56 Å². The molecule has 0 saturated heterocycles. The Hall–Kier alpha value is -2.45. The van der Waals surface area contributed by atoms with Gasteiger partial charge in [0.2, 0.25) is 0 Å². The lowest BCUT2D eigenvalue weighted by Gasteiger charge is -1.96. The molecule has 4 nitrogen and oxygen atoms in total. The Morgan fingerprint density at radius 3 is 3.00 bits per heavy atom. The molecule has 0 aliphatic rings. The average molecular weight is 267 g/mol. The monoisotopic (exact) mass is 267 g/mol. The van der Waals surface area contributed by atoms with E-state index in [1.807, 2.05) is 18.2 Å². The van der Waals surface area contributed by atoms with Gasteiger partial charge in [0.05, 0.1) is 29.0 Å². The van der Waals surface area contributed by atoms with Gasteiger partial charge in [-0.3, -0.25) is 4.98 Å². The second-order valence-electron chi connectivity index (χ2n) is 3.89. The summed E-state index contributed by atoms with van der Waals surface area (Å²) in [6.45, 7) is 0. The molecule has 0 N–H and O–H groups in total. The van der Waals surface area contributed by atoms with E-state index in [1.54, 1.807) is 25.6 Å². The highest BCUT2D eigenvalue weighted by molar-refractivity contribution is 7.21. The van der Waals surface area contributed by atoms with Crippen molar-refractivity contribution in [2.75, 3.05) is 7.11 Å². The quantitative estimate of drug-likeness (QED) is 0.715. The number of rotatable bonds is 2. The minimum Gasteiger partial charge on any atom is -0.497 e. The maximum absolute atomic E-state index is 9.12. The molecule has 0 atom stereocenters. The first-order valence-corrected chi connectivity index (χ1v) is 6.42. The van der Waals surface area contributed by atoms with Gasteiger partial charge in [-0.15, -0.1) is 11.3 Å². The molecule has 0 aliphatic heterocycles. The number of nitrogens with zero attached hydrogens (tertiary/aromatic N) is 3. The van der Waals surface area contributed by atoms with Crippen LogP contribution in [0.25, 0.3) is 20.8 Å². The topological polar surface area (TPSA) is 58.8 Å².